The second-order valence-corrected chi connectivity index (χ2v) is 13.9. The highest BCUT2D eigenvalue weighted by Crippen LogP contribution is 2.39. The van der Waals surface area contributed by atoms with Gasteiger partial charge < -0.3 is 30.0 Å². The lowest BCUT2D eigenvalue weighted by Gasteiger charge is -2.19. The molecule has 4 N–H and O–H groups in total. The van der Waals surface area contributed by atoms with Gasteiger partial charge in [0.25, 0.3) is 5.91 Å². The van der Waals surface area contributed by atoms with Crippen LogP contribution in [0.1, 0.15) is 77.1 Å². The number of alkyl carbamates (subject to hydrolysis) is 1. The van der Waals surface area contributed by atoms with Crippen molar-refractivity contribution >= 4 is 33.8 Å². The van der Waals surface area contributed by atoms with Crippen LogP contribution in [-0.2, 0) is 30.5 Å². The van der Waals surface area contributed by atoms with Crippen LogP contribution in [0, 0.1) is 0 Å². The summed E-state index contributed by atoms with van der Waals surface area (Å²) in [5, 5.41) is 18.6. The number of hydrogen-bond donors (Lipinski definition) is 4. The molecule has 49 heavy (non-hydrogen) atoms. The summed E-state index contributed by atoms with van der Waals surface area (Å²) in [5.41, 5.74) is 8.88. The third kappa shape index (κ3) is 6.90. The fourth-order valence-corrected chi connectivity index (χ4v) is 7.02. The third-order valence-electron chi connectivity index (χ3n) is 9.16. The Hall–Kier alpha value is -5.50. The lowest BCUT2D eigenvalue weighted by atomic mass is 9.94. The summed E-state index contributed by atoms with van der Waals surface area (Å²) >= 11 is 0. The van der Waals surface area contributed by atoms with Gasteiger partial charge in [0, 0.05) is 57.9 Å². The molecule has 0 spiro atoms. The van der Waals surface area contributed by atoms with Crippen LogP contribution in [0.15, 0.2) is 97.2 Å². The summed E-state index contributed by atoms with van der Waals surface area (Å²) in [5.74, 6) is 0.0274. The largest absolute Gasteiger partial charge is 0.508 e. The topological polar surface area (TPSA) is 108 Å². The second kappa shape index (κ2) is 13.2. The molecule has 0 saturated heterocycles. The van der Waals surface area contributed by atoms with E-state index in [1.165, 1.54) is 27.6 Å². The smallest absolute Gasteiger partial charge is 0.407 e. The molecule has 250 valence electrons. The summed E-state index contributed by atoms with van der Waals surface area (Å²) < 4.78 is 7.73. The predicted molar refractivity (Wildman–Crippen MR) is 193 cm³/mol. The minimum absolute atomic E-state index is 0.122. The van der Waals surface area contributed by atoms with Crippen molar-refractivity contribution in [1.29, 1.82) is 0 Å². The molecule has 8 nitrogen and oxygen atoms in total. The summed E-state index contributed by atoms with van der Waals surface area (Å²) in [6.07, 6.45) is 5.09. The zero-order chi connectivity index (χ0) is 34.1. The van der Waals surface area contributed by atoms with Crippen LogP contribution in [-0.4, -0.2) is 38.8 Å². The first-order valence-corrected chi connectivity index (χ1v) is 17.0. The average Bonchev–Trinajstić information content (AvgIpc) is 3.71. The van der Waals surface area contributed by atoms with Gasteiger partial charge in [0.05, 0.1) is 6.04 Å². The summed E-state index contributed by atoms with van der Waals surface area (Å²) in [6, 6.07) is 30.0. The highest BCUT2D eigenvalue weighted by atomic mass is 16.6. The Kier molecular flexibility index (Phi) is 8.63. The minimum atomic E-state index is -0.538. The zero-order valence-corrected chi connectivity index (χ0v) is 28.2. The van der Waals surface area contributed by atoms with Gasteiger partial charge in [-0.3, -0.25) is 4.79 Å². The van der Waals surface area contributed by atoms with Gasteiger partial charge in [-0.15, -0.1) is 0 Å². The van der Waals surface area contributed by atoms with Gasteiger partial charge in [-0.25, -0.2) is 4.79 Å². The van der Waals surface area contributed by atoms with Gasteiger partial charge in [-0.1, -0.05) is 60.7 Å². The van der Waals surface area contributed by atoms with E-state index in [1.807, 2.05) is 39.0 Å². The molecule has 3 heterocycles. The number of carbonyl (C=O) groups is 2. The second-order valence-electron chi connectivity index (χ2n) is 13.9. The Morgan fingerprint density at radius 3 is 2.51 bits per heavy atom. The quantitative estimate of drug-likeness (QED) is 0.120. The van der Waals surface area contributed by atoms with Crippen LogP contribution >= 0.6 is 0 Å². The maximum atomic E-state index is 12.9. The molecule has 0 saturated carbocycles. The molecule has 6 aromatic rings. The number of aromatic amines is 1. The molecule has 1 aliphatic heterocycles. The van der Waals surface area contributed by atoms with Gasteiger partial charge in [0.2, 0.25) is 0 Å². The zero-order valence-electron chi connectivity index (χ0n) is 28.2. The van der Waals surface area contributed by atoms with E-state index >= 15 is 0 Å². The Bertz CT molecular complexity index is 2160. The van der Waals surface area contributed by atoms with Crippen molar-refractivity contribution in [2.45, 2.75) is 64.6 Å². The molecule has 2 aromatic heterocycles. The van der Waals surface area contributed by atoms with Crippen molar-refractivity contribution in [2.24, 2.45) is 0 Å². The van der Waals surface area contributed by atoms with Crippen molar-refractivity contribution in [3.63, 3.8) is 0 Å². The van der Waals surface area contributed by atoms with Crippen LogP contribution in [0.2, 0.25) is 0 Å². The molecule has 0 radical (unpaired) electrons. The van der Waals surface area contributed by atoms with Gasteiger partial charge >= 0.3 is 6.09 Å². The first-order valence-electron chi connectivity index (χ1n) is 17.0. The number of aromatic hydroxyl groups is 1. The van der Waals surface area contributed by atoms with E-state index in [0.29, 0.717) is 18.5 Å². The van der Waals surface area contributed by atoms with E-state index in [9.17, 15) is 14.7 Å². The van der Waals surface area contributed by atoms with Crippen molar-refractivity contribution < 1.29 is 19.4 Å². The molecule has 7 rings (SSSR count). The summed E-state index contributed by atoms with van der Waals surface area (Å²) in [6.45, 7) is 6.82. The molecule has 0 bridgehead atoms. The predicted octanol–water partition coefficient (Wildman–Crippen LogP) is 7.95. The van der Waals surface area contributed by atoms with Crippen molar-refractivity contribution in [3.8, 4) is 5.75 Å². The van der Waals surface area contributed by atoms with Crippen molar-refractivity contribution in [3.05, 3.63) is 136 Å². The number of H-pyrrole nitrogens is 1. The number of nitrogens with zero attached hydrogens (tertiary/aromatic N) is 1. The molecule has 8 heteroatoms. The third-order valence-corrected chi connectivity index (χ3v) is 9.16. The normalized spacial score (nSPS) is 14.3. The molecule has 1 aliphatic rings. The highest BCUT2D eigenvalue weighted by molar-refractivity contribution is 6.01. The SMILES string of the molecule is CC(C)(C)OC(=O)NCCc1cn(Cc2ccccc2)c2cc(CCCc3[nH]c4ccccc4c3C3NC(=O)c4ccc(O)cc43)ccc12. The number of ether oxygens (including phenoxy) is 1. The van der Waals surface area contributed by atoms with E-state index < -0.39 is 11.7 Å². The number of aryl methyl sites for hydroxylation is 2. The molecular formula is C41H42N4O4. The number of rotatable bonds is 10. The molecule has 0 fully saturated rings. The van der Waals surface area contributed by atoms with E-state index in [4.69, 9.17) is 4.74 Å². The van der Waals surface area contributed by atoms with Crippen molar-refractivity contribution in [2.75, 3.05) is 6.54 Å². The Morgan fingerprint density at radius 1 is 0.898 bits per heavy atom. The average molecular weight is 655 g/mol. The van der Waals surface area contributed by atoms with E-state index in [0.717, 1.165) is 53.5 Å². The Morgan fingerprint density at radius 2 is 1.69 bits per heavy atom. The van der Waals surface area contributed by atoms with Gasteiger partial charge in [0.1, 0.15) is 11.4 Å². The van der Waals surface area contributed by atoms with Crippen LogP contribution in [0.25, 0.3) is 21.8 Å². The molecule has 0 aliphatic carbocycles. The summed E-state index contributed by atoms with van der Waals surface area (Å²) in [7, 11) is 0. The van der Waals surface area contributed by atoms with Crippen molar-refractivity contribution in [1.82, 2.24) is 20.2 Å². The Balaban J connectivity index is 1.12. The maximum Gasteiger partial charge on any atom is 0.407 e. The lowest BCUT2D eigenvalue weighted by Crippen LogP contribution is -2.33. The standard InChI is InChI=1S/C41H42N4O4/c1-41(2,3)49-40(48)42-21-20-28-25-45(24-27-10-5-4-6-11-27)36-22-26(16-18-30(28)36)12-9-15-35-37(32-13-7-8-14-34(32)43-35)38-33-23-29(46)17-19-31(33)39(47)44-38/h4-8,10-11,13-14,16-19,22-23,25,38,43,46H,9,12,15,20-21,24H2,1-3H3,(H,42,48)(H,44,47). The minimum Gasteiger partial charge on any atom is -0.508 e. The number of amides is 2. The van der Waals surface area contributed by atoms with E-state index in [1.54, 1.807) is 18.2 Å². The van der Waals surface area contributed by atoms with E-state index in [-0.39, 0.29) is 17.7 Å². The van der Waals surface area contributed by atoms with E-state index in [2.05, 4.69) is 81.0 Å². The number of fused-ring (bicyclic) bond motifs is 3. The monoisotopic (exact) mass is 654 g/mol. The first-order chi connectivity index (χ1) is 23.6. The molecular weight excluding hydrogens is 612 g/mol. The number of para-hydroxylation sites is 1. The number of phenolic OH excluding ortho intramolecular Hbond substituents is 1. The Labute approximate surface area is 286 Å². The number of phenols is 1. The lowest BCUT2D eigenvalue weighted by molar-refractivity contribution is 0.0528. The number of aromatic nitrogens is 2. The van der Waals surface area contributed by atoms with Crippen LogP contribution < -0.4 is 10.6 Å². The first kappa shape index (κ1) is 32.1. The van der Waals surface area contributed by atoms with Crippen LogP contribution in [0.4, 0.5) is 4.79 Å². The van der Waals surface area contributed by atoms with Crippen LogP contribution in [0.3, 0.4) is 0 Å². The summed E-state index contributed by atoms with van der Waals surface area (Å²) in [4.78, 5) is 28.8. The van der Waals surface area contributed by atoms with Gasteiger partial charge in [-0.05, 0) is 99.0 Å². The molecule has 4 aromatic carbocycles. The molecule has 2 amide bonds. The highest BCUT2D eigenvalue weighted by Gasteiger charge is 2.33. The number of hydrogen-bond acceptors (Lipinski definition) is 4. The van der Waals surface area contributed by atoms with Crippen LogP contribution in [0.5, 0.6) is 5.75 Å². The molecule has 1 unspecified atom stereocenters. The van der Waals surface area contributed by atoms with Gasteiger partial charge in [0.15, 0.2) is 0 Å². The van der Waals surface area contributed by atoms with Gasteiger partial charge in [-0.2, -0.15) is 0 Å². The number of nitrogens with one attached hydrogen (secondary N) is 3. The molecule has 1 atom stereocenters. The number of benzene rings is 4. The fraction of sp³-hybridized carbons (Fsp3) is 0.268. The number of carbonyl (C=O) groups excluding carboxylic acids is 2. The fourth-order valence-electron chi connectivity index (χ4n) is 7.02. The maximum absolute atomic E-state index is 12.9.